The highest BCUT2D eigenvalue weighted by molar-refractivity contribution is 5.94. The van der Waals surface area contributed by atoms with Gasteiger partial charge in [0.1, 0.15) is 5.76 Å². The molecule has 1 aliphatic rings. The van der Waals surface area contributed by atoms with Crippen molar-refractivity contribution in [2.45, 2.75) is 65.3 Å². The standard InChI is InChI=1S/C18H31N3O3/c1-4-6-7-15(17(23)19-16-12-14(3)24-20-16)21-10-8-18(5-2,13-22)9-11-21/h12,15,22H,4-11,13H2,1-3H3,(H,19,20,23). The first-order valence-corrected chi connectivity index (χ1v) is 9.12. The van der Waals surface area contributed by atoms with Crippen molar-refractivity contribution in [3.8, 4) is 0 Å². The molecule has 1 amide bonds. The van der Waals surface area contributed by atoms with Gasteiger partial charge in [0.25, 0.3) is 0 Å². The van der Waals surface area contributed by atoms with Crippen LogP contribution < -0.4 is 5.32 Å². The van der Waals surface area contributed by atoms with Gasteiger partial charge in [0.2, 0.25) is 5.91 Å². The number of piperidine rings is 1. The summed E-state index contributed by atoms with van der Waals surface area (Å²) < 4.78 is 5.02. The average Bonchev–Trinajstić information content (AvgIpc) is 3.00. The van der Waals surface area contributed by atoms with Gasteiger partial charge in [-0.2, -0.15) is 0 Å². The predicted molar refractivity (Wildman–Crippen MR) is 93.8 cm³/mol. The molecule has 0 bridgehead atoms. The van der Waals surface area contributed by atoms with E-state index in [1.54, 1.807) is 13.0 Å². The predicted octanol–water partition coefficient (Wildman–Crippen LogP) is 2.96. The van der Waals surface area contributed by atoms with Crippen LogP contribution in [0.25, 0.3) is 0 Å². The molecule has 0 radical (unpaired) electrons. The largest absolute Gasteiger partial charge is 0.396 e. The maximum absolute atomic E-state index is 12.7. The van der Waals surface area contributed by atoms with Crippen LogP contribution in [-0.2, 0) is 4.79 Å². The second-order valence-corrected chi connectivity index (χ2v) is 7.02. The molecule has 0 spiro atoms. The number of aromatic nitrogens is 1. The second kappa shape index (κ2) is 8.62. The minimum atomic E-state index is -0.143. The molecule has 2 rings (SSSR count). The highest BCUT2D eigenvalue weighted by Crippen LogP contribution is 2.35. The Labute approximate surface area is 144 Å². The Morgan fingerprint density at radius 3 is 2.67 bits per heavy atom. The van der Waals surface area contributed by atoms with E-state index in [1.807, 2.05) is 0 Å². The number of anilines is 1. The van der Waals surface area contributed by atoms with Crippen LogP contribution in [0.2, 0.25) is 0 Å². The third-order valence-corrected chi connectivity index (χ3v) is 5.40. The highest BCUT2D eigenvalue weighted by atomic mass is 16.5. The van der Waals surface area contributed by atoms with Crippen LogP contribution in [0.5, 0.6) is 0 Å². The number of carbonyl (C=O) groups excluding carboxylic acids is 1. The van der Waals surface area contributed by atoms with Crippen LogP contribution in [0, 0.1) is 12.3 Å². The molecular weight excluding hydrogens is 306 g/mol. The zero-order valence-corrected chi connectivity index (χ0v) is 15.2. The van der Waals surface area contributed by atoms with Gasteiger partial charge >= 0.3 is 0 Å². The van der Waals surface area contributed by atoms with E-state index in [4.69, 9.17) is 4.52 Å². The summed E-state index contributed by atoms with van der Waals surface area (Å²) in [5.41, 5.74) is 0.0332. The van der Waals surface area contributed by atoms with Gasteiger partial charge < -0.3 is 14.9 Å². The maximum Gasteiger partial charge on any atom is 0.242 e. The minimum Gasteiger partial charge on any atom is -0.396 e. The number of hydrogen-bond acceptors (Lipinski definition) is 5. The van der Waals surface area contributed by atoms with E-state index in [0.717, 1.165) is 51.6 Å². The summed E-state index contributed by atoms with van der Waals surface area (Å²) in [5.74, 6) is 1.16. The van der Waals surface area contributed by atoms with Gasteiger partial charge in [0, 0.05) is 12.7 Å². The van der Waals surface area contributed by atoms with Crippen LogP contribution >= 0.6 is 0 Å². The molecule has 1 aromatic rings. The molecule has 1 aliphatic heterocycles. The fraction of sp³-hybridized carbons (Fsp3) is 0.778. The van der Waals surface area contributed by atoms with Crippen molar-refractivity contribution < 1.29 is 14.4 Å². The number of hydrogen-bond donors (Lipinski definition) is 2. The Morgan fingerprint density at radius 2 is 2.17 bits per heavy atom. The van der Waals surface area contributed by atoms with Crippen LogP contribution in [0.3, 0.4) is 0 Å². The third-order valence-electron chi connectivity index (χ3n) is 5.40. The van der Waals surface area contributed by atoms with Crippen molar-refractivity contribution >= 4 is 11.7 Å². The quantitative estimate of drug-likeness (QED) is 0.762. The summed E-state index contributed by atoms with van der Waals surface area (Å²) in [6.07, 6.45) is 5.80. The molecule has 0 saturated carbocycles. The van der Waals surface area contributed by atoms with E-state index in [2.05, 4.69) is 29.2 Å². The van der Waals surface area contributed by atoms with Crippen molar-refractivity contribution in [1.29, 1.82) is 0 Å². The number of rotatable bonds is 8. The molecule has 136 valence electrons. The number of likely N-dealkylation sites (tertiary alicyclic amines) is 1. The van der Waals surface area contributed by atoms with E-state index in [9.17, 15) is 9.90 Å². The van der Waals surface area contributed by atoms with Crippen LogP contribution in [0.1, 0.15) is 58.1 Å². The highest BCUT2D eigenvalue weighted by Gasteiger charge is 2.36. The summed E-state index contributed by atoms with van der Waals surface area (Å²) in [6, 6.07) is 1.59. The molecule has 1 unspecified atom stereocenters. The molecule has 0 aromatic carbocycles. The van der Waals surface area contributed by atoms with Crippen molar-refractivity contribution in [2.75, 3.05) is 25.0 Å². The molecule has 1 fully saturated rings. The van der Waals surface area contributed by atoms with Gasteiger partial charge in [0.05, 0.1) is 6.04 Å². The second-order valence-electron chi connectivity index (χ2n) is 7.02. The smallest absolute Gasteiger partial charge is 0.242 e. The van der Waals surface area contributed by atoms with Gasteiger partial charge in [-0.1, -0.05) is 31.8 Å². The molecule has 24 heavy (non-hydrogen) atoms. The zero-order valence-electron chi connectivity index (χ0n) is 15.2. The normalized spacial score (nSPS) is 19.2. The van der Waals surface area contributed by atoms with Gasteiger partial charge in [-0.05, 0) is 51.1 Å². The lowest BCUT2D eigenvalue weighted by Crippen LogP contribution is -2.50. The van der Waals surface area contributed by atoms with Crippen LogP contribution in [-0.4, -0.2) is 46.8 Å². The first-order chi connectivity index (χ1) is 11.5. The van der Waals surface area contributed by atoms with Crippen LogP contribution in [0.15, 0.2) is 10.6 Å². The molecule has 1 saturated heterocycles. The Balaban J connectivity index is 2.01. The van der Waals surface area contributed by atoms with E-state index < -0.39 is 0 Å². The van der Waals surface area contributed by atoms with E-state index in [1.165, 1.54) is 0 Å². The zero-order chi connectivity index (χ0) is 17.6. The van der Waals surface area contributed by atoms with Gasteiger partial charge in [-0.25, -0.2) is 0 Å². The molecule has 2 N–H and O–H groups in total. The molecule has 0 aliphatic carbocycles. The summed E-state index contributed by atoms with van der Waals surface area (Å²) in [4.78, 5) is 15.0. The number of nitrogens with zero attached hydrogens (tertiary/aromatic N) is 2. The fourth-order valence-electron chi connectivity index (χ4n) is 3.45. The van der Waals surface area contributed by atoms with E-state index in [-0.39, 0.29) is 24.0 Å². The number of unbranched alkanes of at least 4 members (excludes halogenated alkanes) is 1. The Kier molecular flexibility index (Phi) is 6.80. The lowest BCUT2D eigenvalue weighted by molar-refractivity contribution is -0.123. The monoisotopic (exact) mass is 337 g/mol. The molecule has 1 atom stereocenters. The van der Waals surface area contributed by atoms with E-state index >= 15 is 0 Å². The van der Waals surface area contributed by atoms with Crippen molar-refractivity contribution in [3.05, 3.63) is 11.8 Å². The Morgan fingerprint density at radius 1 is 1.46 bits per heavy atom. The van der Waals surface area contributed by atoms with Gasteiger partial charge in [0.15, 0.2) is 5.82 Å². The number of aliphatic hydroxyl groups is 1. The van der Waals surface area contributed by atoms with Crippen LogP contribution in [0.4, 0.5) is 5.82 Å². The number of aliphatic hydroxyl groups excluding tert-OH is 1. The number of aryl methyl sites for hydroxylation is 1. The summed E-state index contributed by atoms with van der Waals surface area (Å²) in [6.45, 7) is 8.03. The summed E-state index contributed by atoms with van der Waals surface area (Å²) in [5, 5.41) is 16.4. The number of nitrogens with one attached hydrogen (secondary N) is 1. The first kappa shape index (κ1) is 18.9. The Bertz CT molecular complexity index is 515. The molecule has 2 heterocycles. The molecular formula is C18H31N3O3. The molecule has 6 nitrogen and oxygen atoms in total. The van der Waals surface area contributed by atoms with Gasteiger partial charge in [-0.15, -0.1) is 0 Å². The lowest BCUT2D eigenvalue weighted by Gasteiger charge is -2.42. The van der Waals surface area contributed by atoms with Crippen molar-refractivity contribution in [3.63, 3.8) is 0 Å². The maximum atomic E-state index is 12.7. The summed E-state index contributed by atoms with van der Waals surface area (Å²) >= 11 is 0. The topological polar surface area (TPSA) is 78.6 Å². The minimum absolute atomic E-state index is 0.00949. The summed E-state index contributed by atoms with van der Waals surface area (Å²) in [7, 11) is 0. The fourth-order valence-corrected chi connectivity index (χ4v) is 3.45. The number of amides is 1. The SMILES string of the molecule is CCCCC(C(=O)Nc1cc(C)on1)N1CCC(CC)(CO)CC1. The van der Waals surface area contributed by atoms with Gasteiger partial charge in [-0.3, -0.25) is 9.69 Å². The van der Waals surface area contributed by atoms with Crippen molar-refractivity contribution in [1.82, 2.24) is 10.1 Å². The molecule has 1 aromatic heterocycles. The Hall–Kier alpha value is -1.40. The van der Waals surface area contributed by atoms with E-state index in [0.29, 0.717) is 11.6 Å². The lowest BCUT2D eigenvalue weighted by atomic mass is 9.76. The number of carbonyl (C=O) groups is 1. The first-order valence-electron chi connectivity index (χ1n) is 9.12. The average molecular weight is 337 g/mol. The third kappa shape index (κ3) is 4.57. The molecule has 6 heteroatoms. The van der Waals surface area contributed by atoms with Crippen molar-refractivity contribution in [2.24, 2.45) is 5.41 Å².